The van der Waals surface area contributed by atoms with E-state index in [1.54, 1.807) is 0 Å². The van der Waals surface area contributed by atoms with E-state index in [1.807, 2.05) is 0 Å². The Hall–Kier alpha value is -0.810. The summed E-state index contributed by atoms with van der Waals surface area (Å²) in [5, 5.41) is 15.0. The highest BCUT2D eigenvalue weighted by molar-refractivity contribution is 5.79. The van der Waals surface area contributed by atoms with E-state index in [-0.39, 0.29) is 0 Å². The van der Waals surface area contributed by atoms with Crippen molar-refractivity contribution < 1.29 is 5.21 Å². The van der Waals surface area contributed by atoms with Gasteiger partial charge in [0.2, 0.25) is 0 Å². The van der Waals surface area contributed by atoms with Gasteiger partial charge >= 0.3 is 0 Å². The quantitative estimate of drug-likeness (QED) is 0.218. The molecule has 2 fully saturated rings. The Morgan fingerprint density at radius 3 is 3.06 bits per heavy atom. The molecule has 0 aliphatic carbocycles. The van der Waals surface area contributed by atoms with E-state index >= 15 is 0 Å². The number of nitrogens with zero attached hydrogens (tertiary/aromatic N) is 2. The Balaban J connectivity index is 1.66. The molecular formula is C12H24N4O. The zero-order valence-corrected chi connectivity index (χ0v) is 10.4. The van der Waals surface area contributed by atoms with Gasteiger partial charge in [-0.05, 0) is 38.8 Å². The van der Waals surface area contributed by atoms with Crippen molar-refractivity contribution >= 4 is 5.84 Å². The minimum atomic E-state index is 0.331. The molecule has 2 heterocycles. The molecule has 0 amide bonds. The fraction of sp³-hybridized carbons (Fsp3) is 0.917. The first-order valence-corrected chi connectivity index (χ1v) is 6.75. The van der Waals surface area contributed by atoms with E-state index in [4.69, 9.17) is 10.9 Å². The maximum absolute atomic E-state index is 8.44. The predicted octanol–water partition coefficient (Wildman–Crippen LogP) is 0.729. The van der Waals surface area contributed by atoms with Crippen molar-refractivity contribution in [3.8, 4) is 0 Å². The standard InChI is InChI=1S/C12H24N4O/c13-12(15-17)5-3-7-14-10-6-9-16-8-2-1-4-11(10)16/h10-11,14,17H,1-9H2,(H2,13,15). The van der Waals surface area contributed by atoms with Gasteiger partial charge in [-0.25, -0.2) is 0 Å². The Morgan fingerprint density at radius 1 is 1.35 bits per heavy atom. The highest BCUT2D eigenvalue weighted by Gasteiger charge is 2.34. The van der Waals surface area contributed by atoms with Gasteiger partial charge in [0.15, 0.2) is 0 Å². The van der Waals surface area contributed by atoms with Crippen LogP contribution in [-0.4, -0.2) is 47.7 Å². The molecule has 2 rings (SSSR count). The van der Waals surface area contributed by atoms with Crippen molar-refractivity contribution in [1.29, 1.82) is 0 Å². The van der Waals surface area contributed by atoms with E-state index in [2.05, 4.69) is 15.4 Å². The van der Waals surface area contributed by atoms with Crippen LogP contribution in [0, 0.1) is 0 Å². The zero-order chi connectivity index (χ0) is 12.1. The summed E-state index contributed by atoms with van der Waals surface area (Å²) >= 11 is 0. The molecule has 2 atom stereocenters. The van der Waals surface area contributed by atoms with Crippen molar-refractivity contribution in [2.45, 2.75) is 50.6 Å². The minimum Gasteiger partial charge on any atom is -0.409 e. The van der Waals surface area contributed by atoms with Crippen molar-refractivity contribution in [3.05, 3.63) is 0 Å². The average molecular weight is 240 g/mol. The van der Waals surface area contributed by atoms with Crippen molar-refractivity contribution in [2.24, 2.45) is 10.9 Å². The van der Waals surface area contributed by atoms with Crippen LogP contribution >= 0.6 is 0 Å². The first kappa shape index (κ1) is 12.6. The molecule has 2 aliphatic heterocycles. The first-order chi connectivity index (χ1) is 8.31. The van der Waals surface area contributed by atoms with Crippen molar-refractivity contribution in [2.75, 3.05) is 19.6 Å². The lowest BCUT2D eigenvalue weighted by atomic mass is 9.99. The minimum absolute atomic E-state index is 0.331. The first-order valence-electron chi connectivity index (χ1n) is 6.75. The summed E-state index contributed by atoms with van der Waals surface area (Å²) in [6.45, 7) is 3.50. The van der Waals surface area contributed by atoms with E-state index in [0.29, 0.717) is 18.3 Å². The van der Waals surface area contributed by atoms with Gasteiger partial charge in [-0.2, -0.15) is 0 Å². The molecular weight excluding hydrogens is 216 g/mol. The normalized spacial score (nSPS) is 30.5. The van der Waals surface area contributed by atoms with Gasteiger partial charge in [0.25, 0.3) is 0 Å². The van der Waals surface area contributed by atoms with Crippen LogP contribution in [0.1, 0.15) is 38.5 Å². The largest absolute Gasteiger partial charge is 0.409 e. The summed E-state index contributed by atoms with van der Waals surface area (Å²) in [7, 11) is 0. The molecule has 98 valence electrons. The summed E-state index contributed by atoms with van der Waals surface area (Å²) < 4.78 is 0. The van der Waals surface area contributed by atoms with Crippen LogP contribution in [0.25, 0.3) is 0 Å². The van der Waals surface area contributed by atoms with E-state index in [9.17, 15) is 0 Å². The maximum atomic E-state index is 8.44. The highest BCUT2D eigenvalue weighted by Crippen LogP contribution is 2.26. The van der Waals surface area contributed by atoms with Gasteiger partial charge in [-0.1, -0.05) is 11.6 Å². The lowest BCUT2D eigenvalue weighted by Gasteiger charge is -2.32. The number of hydrogen-bond donors (Lipinski definition) is 3. The zero-order valence-electron chi connectivity index (χ0n) is 10.4. The third kappa shape index (κ3) is 3.33. The van der Waals surface area contributed by atoms with Gasteiger partial charge in [0.1, 0.15) is 5.84 Å². The second-order valence-electron chi connectivity index (χ2n) is 5.14. The fourth-order valence-corrected chi connectivity index (χ4v) is 3.09. The van der Waals surface area contributed by atoms with Crippen LogP contribution in [0.5, 0.6) is 0 Å². The van der Waals surface area contributed by atoms with Gasteiger partial charge in [0, 0.05) is 25.0 Å². The number of hydrogen-bond acceptors (Lipinski definition) is 4. The van der Waals surface area contributed by atoms with Gasteiger partial charge in [-0.3, -0.25) is 4.90 Å². The monoisotopic (exact) mass is 240 g/mol. The molecule has 5 heteroatoms. The number of oxime groups is 1. The average Bonchev–Trinajstić information content (AvgIpc) is 2.78. The maximum Gasteiger partial charge on any atom is 0.139 e. The van der Waals surface area contributed by atoms with Crippen molar-refractivity contribution in [3.63, 3.8) is 0 Å². The van der Waals surface area contributed by atoms with Crippen molar-refractivity contribution in [1.82, 2.24) is 10.2 Å². The Labute approximate surface area is 103 Å². The Bertz CT molecular complexity index is 269. The fourth-order valence-electron chi connectivity index (χ4n) is 3.09. The topological polar surface area (TPSA) is 73.9 Å². The summed E-state index contributed by atoms with van der Waals surface area (Å²) in [4.78, 5) is 2.63. The van der Waals surface area contributed by atoms with Crippen LogP contribution in [0.15, 0.2) is 5.16 Å². The lowest BCUT2D eigenvalue weighted by molar-refractivity contribution is 0.180. The Morgan fingerprint density at radius 2 is 2.24 bits per heavy atom. The van der Waals surface area contributed by atoms with Crippen LogP contribution in [0.2, 0.25) is 0 Å². The molecule has 2 unspecified atom stereocenters. The van der Waals surface area contributed by atoms with Crippen LogP contribution in [-0.2, 0) is 0 Å². The Kier molecular flexibility index (Phi) is 4.62. The molecule has 0 saturated carbocycles. The van der Waals surface area contributed by atoms with Crippen LogP contribution in [0.4, 0.5) is 0 Å². The van der Waals surface area contributed by atoms with Crippen LogP contribution in [0.3, 0.4) is 0 Å². The van der Waals surface area contributed by atoms with Gasteiger partial charge in [0.05, 0.1) is 0 Å². The molecule has 0 spiro atoms. The van der Waals surface area contributed by atoms with E-state index in [0.717, 1.165) is 19.0 Å². The second kappa shape index (κ2) is 6.21. The molecule has 0 bridgehead atoms. The summed E-state index contributed by atoms with van der Waals surface area (Å²) in [5.74, 6) is 0.331. The molecule has 5 nitrogen and oxygen atoms in total. The molecule has 17 heavy (non-hydrogen) atoms. The third-order valence-corrected chi connectivity index (χ3v) is 4.00. The predicted molar refractivity (Wildman–Crippen MR) is 68.3 cm³/mol. The number of rotatable bonds is 5. The summed E-state index contributed by atoms with van der Waals surface area (Å²) in [6.07, 6.45) is 6.98. The molecule has 0 aromatic carbocycles. The molecule has 0 aromatic rings. The number of amidine groups is 1. The van der Waals surface area contributed by atoms with E-state index in [1.165, 1.54) is 38.8 Å². The number of nitrogens with two attached hydrogens (primary N) is 1. The SMILES string of the molecule is N/C(CCCNC1CCN2CCCCC12)=N\O. The number of piperidine rings is 1. The molecule has 2 aliphatic rings. The third-order valence-electron chi connectivity index (χ3n) is 4.00. The molecule has 0 radical (unpaired) electrons. The summed E-state index contributed by atoms with van der Waals surface area (Å²) in [5.41, 5.74) is 5.44. The summed E-state index contributed by atoms with van der Waals surface area (Å²) in [6, 6.07) is 1.41. The van der Waals surface area contributed by atoms with Gasteiger partial charge in [-0.15, -0.1) is 0 Å². The molecule has 2 saturated heterocycles. The lowest BCUT2D eigenvalue weighted by Crippen LogP contribution is -2.45. The van der Waals surface area contributed by atoms with E-state index < -0.39 is 0 Å². The highest BCUT2D eigenvalue weighted by atomic mass is 16.4. The molecule has 0 aromatic heterocycles. The number of fused-ring (bicyclic) bond motifs is 1. The van der Waals surface area contributed by atoms with Crippen LogP contribution < -0.4 is 11.1 Å². The van der Waals surface area contributed by atoms with Gasteiger partial charge < -0.3 is 16.3 Å². The number of nitrogens with one attached hydrogen (secondary N) is 1. The smallest absolute Gasteiger partial charge is 0.139 e. The second-order valence-corrected chi connectivity index (χ2v) is 5.14. The molecule has 4 N–H and O–H groups in total.